The van der Waals surface area contributed by atoms with Crippen molar-refractivity contribution in [2.75, 3.05) is 31.4 Å². The van der Waals surface area contributed by atoms with Crippen molar-refractivity contribution in [1.82, 2.24) is 0 Å². The summed E-state index contributed by atoms with van der Waals surface area (Å²) in [5, 5.41) is 0. The third-order valence-electron chi connectivity index (χ3n) is 2.20. The number of rotatable bonds is 5. The fraction of sp³-hybridized carbons (Fsp3) is 0.333. The lowest BCUT2D eigenvalue weighted by Gasteiger charge is -2.20. The van der Waals surface area contributed by atoms with Crippen LogP contribution in [0.15, 0.2) is 36.4 Å². The van der Waals surface area contributed by atoms with Crippen LogP contribution in [0.4, 0.5) is 5.69 Å². The summed E-state index contributed by atoms with van der Waals surface area (Å²) in [5.74, 6) is 1.60. The predicted molar refractivity (Wildman–Crippen MR) is 69.3 cm³/mol. The van der Waals surface area contributed by atoms with Crippen LogP contribution in [0.3, 0.4) is 0 Å². The fourth-order valence-corrected chi connectivity index (χ4v) is 1.41. The Morgan fingerprint density at radius 1 is 1.40 bits per heavy atom. The van der Waals surface area contributed by atoms with Gasteiger partial charge in [0.05, 0.1) is 7.11 Å². The van der Waals surface area contributed by atoms with E-state index in [4.69, 9.17) is 4.74 Å². The summed E-state index contributed by atoms with van der Waals surface area (Å²) in [5.41, 5.74) is 2.26. The van der Waals surface area contributed by atoms with Crippen molar-refractivity contribution in [3.8, 4) is 5.75 Å². The van der Waals surface area contributed by atoms with E-state index in [1.165, 1.54) is 0 Å². The van der Waals surface area contributed by atoms with Gasteiger partial charge in [-0.2, -0.15) is 12.6 Å². The number of thiol groups is 1. The van der Waals surface area contributed by atoms with Gasteiger partial charge >= 0.3 is 0 Å². The lowest BCUT2D eigenvalue weighted by Crippen LogP contribution is -2.20. The Labute approximate surface area is 97.0 Å². The molecular formula is C12H17NOS. The summed E-state index contributed by atoms with van der Waals surface area (Å²) in [7, 11) is 3.71. The van der Waals surface area contributed by atoms with Crippen molar-refractivity contribution >= 4 is 18.3 Å². The van der Waals surface area contributed by atoms with Crippen LogP contribution in [-0.4, -0.2) is 26.5 Å². The first-order valence-corrected chi connectivity index (χ1v) is 5.43. The molecule has 1 aromatic rings. The highest BCUT2D eigenvalue weighted by Crippen LogP contribution is 2.18. The normalized spacial score (nSPS) is 9.80. The Balaban J connectivity index is 2.65. The van der Waals surface area contributed by atoms with Crippen molar-refractivity contribution in [2.24, 2.45) is 0 Å². The zero-order valence-electron chi connectivity index (χ0n) is 9.23. The van der Waals surface area contributed by atoms with E-state index in [-0.39, 0.29) is 0 Å². The smallest absolute Gasteiger partial charge is 0.119 e. The molecule has 0 radical (unpaired) electrons. The molecule has 0 heterocycles. The van der Waals surface area contributed by atoms with E-state index in [1.807, 2.05) is 31.3 Å². The molecule has 0 bridgehead atoms. The van der Waals surface area contributed by atoms with Gasteiger partial charge < -0.3 is 9.64 Å². The molecule has 1 rings (SSSR count). The molecule has 0 aromatic heterocycles. The van der Waals surface area contributed by atoms with Gasteiger partial charge in [0.1, 0.15) is 5.75 Å². The number of likely N-dealkylation sites (N-methyl/N-ethyl adjacent to an activating group) is 1. The number of methoxy groups -OCH3 is 1. The Kier molecular flexibility index (Phi) is 4.56. The Hall–Kier alpha value is -1.09. The summed E-state index contributed by atoms with van der Waals surface area (Å²) in [6.45, 7) is 4.76. The largest absolute Gasteiger partial charge is 0.497 e. The zero-order chi connectivity index (χ0) is 11.3. The number of hydrogen-bond donors (Lipinski definition) is 1. The van der Waals surface area contributed by atoms with E-state index >= 15 is 0 Å². The first kappa shape index (κ1) is 12.0. The van der Waals surface area contributed by atoms with Gasteiger partial charge in [-0.15, -0.1) is 0 Å². The standard InChI is InChI=1S/C12H17NOS/c1-10(9-15)8-13(2)11-4-6-12(14-3)7-5-11/h4-7,15H,1,8-9H2,2-3H3. The van der Waals surface area contributed by atoms with Crippen molar-refractivity contribution in [2.45, 2.75) is 0 Å². The third kappa shape index (κ3) is 3.51. The van der Waals surface area contributed by atoms with Crippen molar-refractivity contribution in [1.29, 1.82) is 0 Å². The molecule has 0 fully saturated rings. The van der Waals surface area contributed by atoms with Gasteiger partial charge in [0, 0.05) is 25.0 Å². The van der Waals surface area contributed by atoms with Gasteiger partial charge in [-0.3, -0.25) is 0 Å². The number of benzene rings is 1. The molecule has 0 atom stereocenters. The van der Waals surface area contributed by atoms with Crippen LogP contribution in [0.1, 0.15) is 0 Å². The van der Waals surface area contributed by atoms with Gasteiger partial charge in [-0.05, 0) is 29.8 Å². The average Bonchev–Trinajstić information content (AvgIpc) is 2.29. The van der Waals surface area contributed by atoms with Crippen molar-refractivity contribution in [3.05, 3.63) is 36.4 Å². The first-order chi connectivity index (χ1) is 7.17. The summed E-state index contributed by atoms with van der Waals surface area (Å²) < 4.78 is 5.10. The molecule has 0 aliphatic rings. The molecule has 82 valence electrons. The molecule has 0 N–H and O–H groups in total. The first-order valence-electron chi connectivity index (χ1n) is 4.80. The van der Waals surface area contributed by atoms with Crippen molar-refractivity contribution < 1.29 is 4.74 Å². The van der Waals surface area contributed by atoms with Crippen LogP contribution in [0.2, 0.25) is 0 Å². The molecule has 1 aromatic carbocycles. The Morgan fingerprint density at radius 2 is 2.00 bits per heavy atom. The molecule has 0 saturated heterocycles. The molecule has 0 aliphatic carbocycles. The van der Waals surface area contributed by atoms with Crippen LogP contribution in [-0.2, 0) is 0 Å². The molecule has 0 amide bonds. The van der Waals surface area contributed by atoms with E-state index < -0.39 is 0 Å². The summed E-state index contributed by atoms with van der Waals surface area (Å²) in [4.78, 5) is 2.14. The minimum Gasteiger partial charge on any atom is -0.497 e. The second-order valence-corrected chi connectivity index (χ2v) is 3.78. The highest BCUT2D eigenvalue weighted by molar-refractivity contribution is 7.80. The van der Waals surface area contributed by atoms with Gasteiger partial charge in [0.2, 0.25) is 0 Å². The third-order valence-corrected chi connectivity index (χ3v) is 2.64. The van der Waals surface area contributed by atoms with Gasteiger partial charge in [0.15, 0.2) is 0 Å². The molecule has 2 nitrogen and oxygen atoms in total. The Morgan fingerprint density at radius 3 is 2.47 bits per heavy atom. The van der Waals surface area contributed by atoms with Gasteiger partial charge in [-0.1, -0.05) is 6.58 Å². The van der Waals surface area contributed by atoms with Crippen LogP contribution >= 0.6 is 12.6 Å². The van der Waals surface area contributed by atoms with E-state index in [0.29, 0.717) is 0 Å². The molecule has 15 heavy (non-hydrogen) atoms. The minimum atomic E-state index is 0.723. The Bertz CT molecular complexity index is 321. The molecule has 0 unspecified atom stereocenters. The summed E-state index contributed by atoms with van der Waals surface area (Å²) >= 11 is 4.19. The minimum absolute atomic E-state index is 0.723. The molecular weight excluding hydrogens is 206 g/mol. The monoisotopic (exact) mass is 223 g/mol. The van der Waals surface area contributed by atoms with Crippen LogP contribution < -0.4 is 9.64 Å². The zero-order valence-corrected chi connectivity index (χ0v) is 10.1. The number of hydrogen-bond acceptors (Lipinski definition) is 3. The maximum atomic E-state index is 5.10. The maximum absolute atomic E-state index is 5.10. The molecule has 0 spiro atoms. The summed E-state index contributed by atoms with van der Waals surface area (Å²) in [6, 6.07) is 7.97. The molecule has 0 aliphatic heterocycles. The lowest BCUT2D eigenvalue weighted by atomic mass is 10.2. The maximum Gasteiger partial charge on any atom is 0.119 e. The molecule has 3 heteroatoms. The quantitative estimate of drug-likeness (QED) is 0.608. The van der Waals surface area contributed by atoms with Gasteiger partial charge in [0.25, 0.3) is 0 Å². The predicted octanol–water partition coefficient (Wildman–Crippen LogP) is 2.62. The van der Waals surface area contributed by atoms with Crippen LogP contribution in [0.25, 0.3) is 0 Å². The number of anilines is 1. The van der Waals surface area contributed by atoms with Gasteiger partial charge in [-0.25, -0.2) is 0 Å². The van der Waals surface area contributed by atoms with Crippen LogP contribution in [0, 0.1) is 0 Å². The highest BCUT2D eigenvalue weighted by Gasteiger charge is 2.02. The SMILES string of the molecule is C=C(CS)CN(C)c1ccc(OC)cc1. The van der Waals surface area contributed by atoms with E-state index in [0.717, 1.165) is 29.3 Å². The van der Waals surface area contributed by atoms with Crippen molar-refractivity contribution in [3.63, 3.8) is 0 Å². The van der Waals surface area contributed by atoms with Crippen LogP contribution in [0.5, 0.6) is 5.75 Å². The van der Waals surface area contributed by atoms with E-state index in [9.17, 15) is 0 Å². The van der Waals surface area contributed by atoms with E-state index in [1.54, 1.807) is 7.11 Å². The van der Waals surface area contributed by atoms with E-state index in [2.05, 4.69) is 24.1 Å². The summed E-state index contributed by atoms with van der Waals surface area (Å²) in [6.07, 6.45) is 0. The molecule has 0 saturated carbocycles. The second-order valence-electron chi connectivity index (χ2n) is 3.46. The lowest BCUT2D eigenvalue weighted by molar-refractivity contribution is 0.415. The second kappa shape index (κ2) is 5.71. The topological polar surface area (TPSA) is 12.5 Å². The highest BCUT2D eigenvalue weighted by atomic mass is 32.1. The fourth-order valence-electron chi connectivity index (χ4n) is 1.31. The average molecular weight is 223 g/mol. The number of ether oxygens (including phenoxy) is 1. The number of nitrogens with zero attached hydrogens (tertiary/aromatic N) is 1.